The van der Waals surface area contributed by atoms with E-state index in [4.69, 9.17) is 9.97 Å². The van der Waals surface area contributed by atoms with E-state index >= 15 is 0 Å². The maximum atomic E-state index is 5.60. The van der Waals surface area contributed by atoms with Gasteiger partial charge in [0.25, 0.3) is 0 Å². The Balaban J connectivity index is 1.16. The summed E-state index contributed by atoms with van der Waals surface area (Å²) in [4.78, 5) is 13.7. The largest absolute Gasteiger partial charge is 0.311 e. The minimum atomic E-state index is -3.00. The standard InChI is InChI=1S/C68H63N5Si/c1-44(2)53-30-22-31-54(45(3)4)65(53)72-59-36-17-15-34-57(59)69-67(72)48-24-21-25-50(42-48)71-61-38-19-20-39-63(61)74(51-26-11-9-12-27-51,52-28-13-10-14-29-52)64-41-40-49(43-62(64)71)68-70-58-35-16-18-37-60(58)73(68)66-55(46(5)6)32-23-33-56(66)47(7)8/h9-47H,1-8H3. The molecule has 74 heavy (non-hydrogen) atoms. The number of aromatic nitrogens is 4. The van der Waals surface area contributed by atoms with Gasteiger partial charge in [-0.25, -0.2) is 9.97 Å². The fourth-order valence-corrected chi connectivity index (χ4v) is 17.2. The van der Waals surface area contributed by atoms with Crippen LogP contribution in [-0.2, 0) is 0 Å². The number of hydrogen-bond acceptors (Lipinski definition) is 3. The fraction of sp³-hybridized carbons (Fsp3) is 0.176. The van der Waals surface area contributed by atoms with Crippen LogP contribution in [0.1, 0.15) is 101 Å². The SMILES string of the molecule is CC(C)c1cccc(C(C)C)c1-n1c(-c2cccc(N3c4ccccc4[Si](c4ccccc4)(c4ccccc4)c4ccc(-c5nc6ccccc6n5-c5c(C(C)C)cccc5C(C)C)cc43)c2)nc2ccccc21. The summed E-state index contributed by atoms with van der Waals surface area (Å²) in [6.07, 6.45) is 0. The molecule has 364 valence electrons. The second kappa shape index (κ2) is 18.8. The highest BCUT2D eigenvalue weighted by Gasteiger charge is 2.49. The summed E-state index contributed by atoms with van der Waals surface area (Å²) in [7, 11) is -3.00. The average Bonchev–Trinajstić information content (AvgIpc) is 4.04. The van der Waals surface area contributed by atoms with Crippen molar-refractivity contribution in [3.05, 3.63) is 235 Å². The Bertz CT molecular complexity index is 3790. The molecule has 11 aromatic rings. The third kappa shape index (κ3) is 7.49. The minimum absolute atomic E-state index is 0.299. The van der Waals surface area contributed by atoms with Gasteiger partial charge in [0.1, 0.15) is 11.6 Å². The van der Waals surface area contributed by atoms with Gasteiger partial charge in [0.05, 0.1) is 33.4 Å². The third-order valence-electron chi connectivity index (χ3n) is 15.5. The molecule has 0 N–H and O–H groups in total. The molecule has 3 heterocycles. The molecule has 0 saturated heterocycles. The number of para-hydroxylation sites is 7. The van der Waals surface area contributed by atoms with Crippen LogP contribution >= 0.6 is 0 Å². The lowest BCUT2D eigenvalue weighted by Gasteiger charge is -2.45. The Morgan fingerprint density at radius 3 is 1.27 bits per heavy atom. The van der Waals surface area contributed by atoms with Crippen molar-refractivity contribution in [2.24, 2.45) is 0 Å². The average molecular weight is 978 g/mol. The smallest absolute Gasteiger partial charge is 0.184 e. The van der Waals surface area contributed by atoms with Crippen LogP contribution in [0.2, 0.25) is 0 Å². The second-order valence-corrected chi connectivity index (χ2v) is 25.1. The molecular weight excluding hydrogens is 915 g/mol. The molecule has 0 fully saturated rings. The van der Waals surface area contributed by atoms with E-state index < -0.39 is 8.07 Å². The highest BCUT2D eigenvalue weighted by molar-refractivity contribution is 7.21. The summed E-state index contributed by atoms with van der Waals surface area (Å²) < 4.78 is 4.91. The zero-order chi connectivity index (χ0) is 50.8. The van der Waals surface area contributed by atoms with Crippen LogP contribution in [0.3, 0.4) is 0 Å². The Morgan fingerprint density at radius 1 is 0.351 bits per heavy atom. The molecule has 2 aromatic heterocycles. The molecule has 0 spiro atoms. The Morgan fingerprint density at radius 2 is 0.770 bits per heavy atom. The third-order valence-corrected chi connectivity index (χ3v) is 20.3. The van der Waals surface area contributed by atoms with Gasteiger partial charge < -0.3 is 4.90 Å². The van der Waals surface area contributed by atoms with Crippen LogP contribution in [-0.4, -0.2) is 27.2 Å². The number of fused-ring (bicyclic) bond motifs is 4. The first-order valence-electron chi connectivity index (χ1n) is 26.5. The molecule has 0 unspecified atom stereocenters. The summed E-state index contributed by atoms with van der Waals surface area (Å²) >= 11 is 0. The number of benzene rings is 9. The summed E-state index contributed by atoms with van der Waals surface area (Å²) in [5.41, 5.74) is 17.4. The van der Waals surface area contributed by atoms with Crippen molar-refractivity contribution < 1.29 is 0 Å². The van der Waals surface area contributed by atoms with Gasteiger partial charge in [-0.3, -0.25) is 9.13 Å². The number of hydrogen-bond donors (Lipinski definition) is 0. The Hall–Kier alpha value is -8.06. The quantitative estimate of drug-likeness (QED) is 0.121. The Labute approximate surface area is 437 Å². The molecule has 6 heteroatoms. The number of anilines is 3. The predicted molar refractivity (Wildman–Crippen MR) is 315 cm³/mol. The van der Waals surface area contributed by atoms with E-state index in [1.54, 1.807) is 0 Å². The number of rotatable bonds is 11. The van der Waals surface area contributed by atoms with Crippen molar-refractivity contribution in [1.82, 2.24) is 19.1 Å². The van der Waals surface area contributed by atoms with E-state index in [0.29, 0.717) is 23.7 Å². The van der Waals surface area contributed by atoms with Crippen LogP contribution in [0.25, 0.3) is 56.2 Å². The van der Waals surface area contributed by atoms with Gasteiger partial charge in [-0.2, -0.15) is 0 Å². The van der Waals surface area contributed by atoms with Gasteiger partial charge in [0.2, 0.25) is 0 Å². The molecule has 0 aliphatic carbocycles. The summed E-state index contributed by atoms with van der Waals surface area (Å²) in [6, 6.07) is 79.2. The van der Waals surface area contributed by atoms with E-state index in [0.717, 1.165) is 56.2 Å². The molecule has 9 aromatic carbocycles. The molecule has 0 radical (unpaired) electrons. The van der Waals surface area contributed by atoms with E-state index in [1.165, 1.54) is 60.1 Å². The van der Waals surface area contributed by atoms with Crippen LogP contribution < -0.4 is 25.6 Å². The van der Waals surface area contributed by atoms with Crippen molar-refractivity contribution in [3.63, 3.8) is 0 Å². The predicted octanol–water partition coefficient (Wildman–Crippen LogP) is 15.4. The van der Waals surface area contributed by atoms with E-state index in [1.807, 2.05) is 0 Å². The van der Waals surface area contributed by atoms with Gasteiger partial charge >= 0.3 is 0 Å². The van der Waals surface area contributed by atoms with Gasteiger partial charge in [-0.1, -0.05) is 219 Å². The first-order valence-corrected chi connectivity index (χ1v) is 28.5. The molecule has 1 aliphatic rings. The van der Waals surface area contributed by atoms with E-state index in [-0.39, 0.29) is 0 Å². The van der Waals surface area contributed by atoms with Crippen molar-refractivity contribution in [1.29, 1.82) is 0 Å². The molecule has 0 atom stereocenters. The summed E-state index contributed by atoms with van der Waals surface area (Å²) in [6.45, 7) is 18.4. The first kappa shape index (κ1) is 47.0. The van der Waals surface area contributed by atoms with Gasteiger partial charge in [0, 0.05) is 28.2 Å². The van der Waals surface area contributed by atoms with Crippen LogP contribution in [0.15, 0.2) is 212 Å². The van der Waals surface area contributed by atoms with Crippen molar-refractivity contribution in [3.8, 4) is 34.2 Å². The first-order chi connectivity index (χ1) is 36.1. The van der Waals surface area contributed by atoms with Crippen LogP contribution in [0.5, 0.6) is 0 Å². The maximum Gasteiger partial charge on any atom is 0.184 e. The van der Waals surface area contributed by atoms with Gasteiger partial charge in [-0.15, -0.1) is 0 Å². The topological polar surface area (TPSA) is 38.9 Å². The zero-order valence-corrected chi connectivity index (χ0v) is 44.8. The lowest BCUT2D eigenvalue weighted by atomic mass is 9.92. The highest BCUT2D eigenvalue weighted by Crippen LogP contribution is 2.44. The molecule has 0 saturated carbocycles. The lowest BCUT2D eigenvalue weighted by Crippen LogP contribution is -2.77. The molecule has 5 nitrogen and oxygen atoms in total. The maximum absolute atomic E-state index is 5.60. The molecule has 12 rings (SSSR count). The van der Waals surface area contributed by atoms with Crippen molar-refractivity contribution in [2.45, 2.75) is 79.1 Å². The van der Waals surface area contributed by atoms with Gasteiger partial charge in [-0.05, 0) is 115 Å². The zero-order valence-electron chi connectivity index (χ0n) is 43.8. The monoisotopic (exact) mass is 977 g/mol. The van der Waals surface area contributed by atoms with Crippen LogP contribution in [0.4, 0.5) is 17.1 Å². The molecule has 1 aliphatic heterocycles. The van der Waals surface area contributed by atoms with Crippen molar-refractivity contribution >= 4 is 67.9 Å². The summed E-state index contributed by atoms with van der Waals surface area (Å²) in [5, 5.41) is 5.37. The van der Waals surface area contributed by atoms with Crippen molar-refractivity contribution in [2.75, 3.05) is 4.90 Å². The van der Waals surface area contributed by atoms with Gasteiger partial charge in [0.15, 0.2) is 8.07 Å². The molecule has 0 bridgehead atoms. The van der Waals surface area contributed by atoms with Crippen LogP contribution in [0, 0.1) is 0 Å². The highest BCUT2D eigenvalue weighted by atomic mass is 28.3. The second-order valence-electron chi connectivity index (χ2n) is 21.3. The van der Waals surface area contributed by atoms with E-state index in [2.05, 4.69) is 282 Å². The minimum Gasteiger partial charge on any atom is -0.311 e. The number of nitrogens with zero attached hydrogens (tertiary/aromatic N) is 5. The number of imidazole rings is 2. The lowest BCUT2D eigenvalue weighted by molar-refractivity contribution is 0.811. The summed E-state index contributed by atoms with van der Waals surface area (Å²) in [5.74, 6) is 3.07. The normalized spacial score (nSPS) is 13.2. The molecule has 0 amide bonds. The Kier molecular flexibility index (Phi) is 11.9. The van der Waals surface area contributed by atoms with E-state index in [9.17, 15) is 0 Å². The molecular formula is C68H63N5Si. The fourth-order valence-electron chi connectivity index (χ4n) is 12.1.